The maximum absolute atomic E-state index is 14.2. The van der Waals surface area contributed by atoms with Crippen molar-refractivity contribution in [2.45, 2.75) is 37.3 Å². The first-order valence-corrected chi connectivity index (χ1v) is 13.4. The third-order valence-corrected chi connectivity index (χ3v) is 9.75. The largest absolute Gasteiger partial charge is 0.428 e. The van der Waals surface area contributed by atoms with Gasteiger partial charge >= 0.3 is 6.18 Å². The number of hydrogen-bond donors (Lipinski definition) is 2. The minimum atomic E-state index is -4.93. The van der Waals surface area contributed by atoms with Gasteiger partial charge in [0.2, 0.25) is 11.5 Å². The van der Waals surface area contributed by atoms with Crippen LogP contribution in [0, 0.1) is 0 Å². The summed E-state index contributed by atoms with van der Waals surface area (Å²) in [5.41, 5.74) is -0.917. The second kappa shape index (κ2) is 9.89. The molecule has 0 fully saturated rings. The fourth-order valence-corrected chi connectivity index (χ4v) is 5.19. The Hall–Kier alpha value is -1.69. The Bertz CT molecular complexity index is 1340. The molecular formula is C22H19Cl4F3N2O4S. The number of benzene rings is 2. The Labute approximate surface area is 225 Å². The second-order valence-electron chi connectivity index (χ2n) is 8.31. The quantitative estimate of drug-likeness (QED) is 0.354. The zero-order chi connectivity index (χ0) is 27.3. The van der Waals surface area contributed by atoms with Crippen molar-refractivity contribution in [1.29, 1.82) is 0 Å². The first-order chi connectivity index (χ1) is 16.5. The summed E-state index contributed by atoms with van der Waals surface area (Å²) in [6.45, 7) is 3.95. The minimum absolute atomic E-state index is 0.0460. The molecule has 2 aromatic rings. The molecule has 0 saturated carbocycles. The van der Waals surface area contributed by atoms with Crippen LogP contribution >= 0.6 is 46.4 Å². The number of nitrogens with one attached hydrogen (secondary N) is 2. The van der Waals surface area contributed by atoms with E-state index in [0.29, 0.717) is 0 Å². The summed E-state index contributed by atoms with van der Waals surface area (Å²) in [5.74, 6) is -1.06. The van der Waals surface area contributed by atoms with E-state index in [9.17, 15) is 26.4 Å². The van der Waals surface area contributed by atoms with Gasteiger partial charge in [0.1, 0.15) is 4.75 Å². The van der Waals surface area contributed by atoms with Gasteiger partial charge in [-0.05, 0) is 44.2 Å². The van der Waals surface area contributed by atoms with Crippen LogP contribution in [-0.4, -0.2) is 31.0 Å². The van der Waals surface area contributed by atoms with E-state index < -0.39 is 37.8 Å². The van der Waals surface area contributed by atoms with E-state index in [4.69, 9.17) is 51.2 Å². The number of amides is 1. The van der Waals surface area contributed by atoms with Crippen LogP contribution in [0.3, 0.4) is 0 Å². The van der Waals surface area contributed by atoms with Gasteiger partial charge < -0.3 is 5.32 Å². The number of carbonyl (C=O) groups is 1. The summed E-state index contributed by atoms with van der Waals surface area (Å²) in [7, 11) is -3.74. The van der Waals surface area contributed by atoms with Crippen LogP contribution in [0.2, 0.25) is 20.1 Å². The maximum atomic E-state index is 14.2. The van der Waals surface area contributed by atoms with Crippen LogP contribution in [0.15, 0.2) is 36.4 Å². The van der Waals surface area contributed by atoms with E-state index in [2.05, 4.69) is 10.8 Å². The highest BCUT2D eigenvalue weighted by Crippen LogP contribution is 2.49. The Kier molecular flexibility index (Phi) is 7.93. The van der Waals surface area contributed by atoms with E-state index >= 15 is 0 Å². The first-order valence-electron chi connectivity index (χ1n) is 10.2. The molecule has 0 saturated heterocycles. The third kappa shape index (κ3) is 5.04. The normalized spacial score (nSPS) is 18.6. The van der Waals surface area contributed by atoms with E-state index in [1.54, 1.807) is 0 Å². The molecule has 0 spiro atoms. The summed E-state index contributed by atoms with van der Waals surface area (Å²) >= 11 is 24.0. The van der Waals surface area contributed by atoms with E-state index in [1.165, 1.54) is 39.0 Å². The average Bonchev–Trinajstić information content (AvgIpc) is 3.25. The van der Waals surface area contributed by atoms with Crippen LogP contribution in [0.25, 0.3) is 5.70 Å². The highest BCUT2D eigenvalue weighted by Gasteiger charge is 2.59. The van der Waals surface area contributed by atoms with Gasteiger partial charge in [0.25, 0.3) is 0 Å². The lowest BCUT2D eigenvalue weighted by Gasteiger charge is -2.29. The number of alkyl halides is 3. The molecule has 1 aliphatic rings. The SMILES string of the molecule is CCS(=O)(=O)C(C)(C)C(=O)Nc1ccc(C2=CC(c3cc(Cl)c(Cl)c(Cl)c3)(C(F)(F)F)ON2)cc1Cl. The fourth-order valence-electron chi connectivity index (χ4n) is 3.31. The summed E-state index contributed by atoms with van der Waals surface area (Å²) in [4.78, 5) is 17.6. The lowest BCUT2D eigenvalue weighted by Crippen LogP contribution is -2.45. The third-order valence-electron chi connectivity index (χ3n) is 5.74. The number of hydrogen-bond acceptors (Lipinski definition) is 5. The molecule has 3 rings (SSSR count). The molecule has 1 amide bonds. The topological polar surface area (TPSA) is 84.5 Å². The van der Waals surface area contributed by atoms with Gasteiger partial charge in [-0.3, -0.25) is 15.1 Å². The molecule has 2 aromatic carbocycles. The van der Waals surface area contributed by atoms with Crippen LogP contribution in [-0.2, 0) is 25.1 Å². The number of sulfone groups is 1. The van der Waals surface area contributed by atoms with Crippen molar-refractivity contribution in [3.8, 4) is 0 Å². The maximum Gasteiger partial charge on any atom is 0.428 e. The molecule has 14 heteroatoms. The summed E-state index contributed by atoms with van der Waals surface area (Å²) in [5, 5.41) is 1.92. The predicted octanol–water partition coefficient (Wildman–Crippen LogP) is 6.79. The first kappa shape index (κ1) is 28.9. The standard InChI is InChI=1S/C22H19Cl4F3N2O4S/c1-4-36(33,34)20(2,3)19(32)30-16-6-5-11(7-13(16)23)17-10-21(35-31-17,22(27,28)29)12-8-14(24)18(26)15(25)9-12/h5-10,31H,4H2,1-3H3,(H,30,32). The van der Waals surface area contributed by atoms with Crippen molar-refractivity contribution >= 4 is 73.5 Å². The highest BCUT2D eigenvalue weighted by atomic mass is 35.5. The Balaban J connectivity index is 1.98. The zero-order valence-corrected chi connectivity index (χ0v) is 22.7. The molecular weight excluding hydrogens is 587 g/mol. The van der Waals surface area contributed by atoms with E-state index in [0.717, 1.165) is 18.2 Å². The number of hydroxylamine groups is 1. The molecule has 0 aliphatic carbocycles. The predicted molar refractivity (Wildman–Crippen MR) is 135 cm³/mol. The molecule has 0 bridgehead atoms. The van der Waals surface area contributed by atoms with Crippen LogP contribution in [0.4, 0.5) is 18.9 Å². The van der Waals surface area contributed by atoms with Crippen molar-refractivity contribution in [1.82, 2.24) is 5.48 Å². The van der Waals surface area contributed by atoms with Crippen molar-refractivity contribution in [2.24, 2.45) is 0 Å². The van der Waals surface area contributed by atoms with Gasteiger partial charge in [0, 0.05) is 16.9 Å². The van der Waals surface area contributed by atoms with Gasteiger partial charge in [-0.15, -0.1) is 0 Å². The fraction of sp³-hybridized carbons (Fsp3) is 0.318. The second-order valence-corrected chi connectivity index (χ2v) is 12.7. The molecule has 1 unspecified atom stereocenters. The highest BCUT2D eigenvalue weighted by molar-refractivity contribution is 7.93. The number of carbonyl (C=O) groups excluding carboxylic acids is 1. The molecule has 0 aromatic heterocycles. The molecule has 6 nitrogen and oxygen atoms in total. The van der Waals surface area contributed by atoms with Crippen molar-refractivity contribution in [3.63, 3.8) is 0 Å². The van der Waals surface area contributed by atoms with Crippen LogP contribution in [0.5, 0.6) is 0 Å². The van der Waals surface area contributed by atoms with Gasteiger partial charge in [0.05, 0.1) is 31.5 Å². The minimum Gasteiger partial charge on any atom is -0.323 e. The Morgan fingerprint density at radius 3 is 2.14 bits per heavy atom. The lowest BCUT2D eigenvalue weighted by molar-refractivity contribution is -0.269. The van der Waals surface area contributed by atoms with Gasteiger partial charge in [-0.1, -0.05) is 59.4 Å². The summed E-state index contributed by atoms with van der Waals surface area (Å²) in [6, 6.07) is 5.99. The smallest absolute Gasteiger partial charge is 0.323 e. The lowest BCUT2D eigenvalue weighted by atomic mass is 9.91. The van der Waals surface area contributed by atoms with Crippen LogP contribution < -0.4 is 10.8 Å². The molecule has 36 heavy (non-hydrogen) atoms. The molecule has 1 aliphatic heterocycles. The molecule has 0 radical (unpaired) electrons. The number of halogens is 7. The number of rotatable bonds is 6. The molecule has 1 atom stereocenters. The molecule has 1 heterocycles. The van der Waals surface area contributed by atoms with Gasteiger partial charge in [-0.25, -0.2) is 8.42 Å². The van der Waals surface area contributed by atoms with Crippen molar-refractivity contribution in [3.05, 3.63) is 67.6 Å². The molecule has 2 N–H and O–H groups in total. The van der Waals surface area contributed by atoms with Crippen LogP contribution in [0.1, 0.15) is 31.9 Å². The molecule has 196 valence electrons. The van der Waals surface area contributed by atoms with Gasteiger partial charge in [0.15, 0.2) is 9.84 Å². The Morgan fingerprint density at radius 1 is 1.06 bits per heavy atom. The average molecular weight is 606 g/mol. The summed E-state index contributed by atoms with van der Waals surface area (Å²) < 4.78 is 65.4. The van der Waals surface area contributed by atoms with Gasteiger partial charge in [-0.2, -0.15) is 13.2 Å². The number of anilines is 1. The Morgan fingerprint density at radius 2 is 1.64 bits per heavy atom. The van der Waals surface area contributed by atoms with Crippen molar-refractivity contribution < 1.29 is 31.2 Å². The summed E-state index contributed by atoms with van der Waals surface area (Å²) in [6.07, 6.45) is -4.14. The van der Waals surface area contributed by atoms with Crippen molar-refractivity contribution in [2.75, 3.05) is 11.1 Å². The van der Waals surface area contributed by atoms with E-state index in [-0.39, 0.29) is 42.8 Å². The zero-order valence-electron chi connectivity index (χ0n) is 18.9. The monoisotopic (exact) mass is 604 g/mol. The van der Waals surface area contributed by atoms with E-state index in [1.807, 2.05) is 0 Å².